The predicted octanol–water partition coefficient (Wildman–Crippen LogP) is 2.98. The molecule has 0 radical (unpaired) electrons. The van der Waals surface area contributed by atoms with Gasteiger partial charge in [0.2, 0.25) is 5.95 Å². The van der Waals surface area contributed by atoms with Crippen molar-refractivity contribution in [1.29, 1.82) is 0 Å². The van der Waals surface area contributed by atoms with Crippen LogP contribution in [0.3, 0.4) is 0 Å². The first kappa shape index (κ1) is 23.7. The Labute approximate surface area is 203 Å². The van der Waals surface area contributed by atoms with E-state index in [2.05, 4.69) is 61.2 Å². The minimum Gasteiger partial charge on any atom is -0.357 e. The van der Waals surface area contributed by atoms with Crippen LogP contribution in [0.15, 0.2) is 47.7 Å². The number of aromatic nitrogens is 2. The normalized spacial score (nSPS) is 17.5. The minimum atomic E-state index is 0. The highest BCUT2D eigenvalue weighted by Gasteiger charge is 2.21. The lowest BCUT2D eigenvalue weighted by molar-refractivity contribution is 0.331. The summed E-state index contributed by atoms with van der Waals surface area (Å²) in [6.45, 7) is 10.9. The molecule has 0 saturated carbocycles. The molecular formula is C23H34IN7. The maximum Gasteiger partial charge on any atom is 0.225 e. The summed E-state index contributed by atoms with van der Waals surface area (Å²) < 4.78 is 0. The summed E-state index contributed by atoms with van der Waals surface area (Å²) in [5.74, 6) is 1.81. The number of hydrogen-bond acceptors (Lipinski definition) is 5. The van der Waals surface area contributed by atoms with Gasteiger partial charge in [0.1, 0.15) is 0 Å². The molecule has 2 aromatic rings. The number of likely N-dealkylation sites (tertiary alicyclic amines) is 1. The highest BCUT2D eigenvalue weighted by atomic mass is 127. The number of halogens is 1. The molecular weight excluding hydrogens is 501 g/mol. The molecule has 2 saturated heterocycles. The molecule has 0 bridgehead atoms. The molecule has 8 heteroatoms. The van der Waals surface area contributed by atoms with Gasteiger partial charge in [-0.15, -0.1) is 24.0 Å². The van der Waals surface area contributed by atoms with Gasteiger partial charge in [-0.1, -0.05) is 24.3 Å². The molecule has 168 valence electrons. The number of nitrogens with zero attached hydrogens (tertiary/aromatic N) is 6. The summed E-state index contributed by atoms with van der Waals surface area (Å²) in [4.78, 5) is 20.8. The van der Waals surface area contributed by atoms with Crippen LogP contribution in [0.25, 0.3) is 0 Å². The van der Waals surface area contributed by atoms with Crippen molar-refractivity contribution in [2.24, 2.45) is 4.99 Å². The Morgan fingerprint density at radius 3 is 2.23 bits per heavy atom. The van der Waals surface area contributed by atoms with Crippen molar-refractivity contribution in [1.82, 2.24) is 25.1 Å². The van der Waals surface area contributed by atoms with Crippen LogP contribution < -0.4 is 10.2 Å². The molecule has 3 heterocycles. The van der Waals surface area contributed by atoms with Gasteiger partial charge in [-0.3, -0.25) is 4.90 Å². The number of hydrogen-bond donors (Lipinski definition) is 1. The second-order valence-electron chi connectivity index (χ2n) is 7.99. The van der Waals surface area contributed by atoms with Crippen molar-refractivity contribution in [3.05, 3.63) is 53.9 Å². The lowest BCUT2D eigenvalue weighted by Crippen LogP contribution is -2.52. The molecule has 2 aliphatic heterocycles. The van der Waals surface area contributed by atoms with E-state index in [0.29, 0.717) is 6.54 Å². The zero-order valence-corrected chi connectivity index (χ0v) is 20.7. The van der Waals surface area contributed by atoms with Gasteiger partial charge in [0.05, 0.1) is 6.54 Å². The third-order valence-corrected chi connectivity index (χ3v) is 5.79. The lowest BCUT2D eigenvalue weighted by Gasteiger charge is -2.36. The van der Waals surface area contributed by atoms with Gasteiger partial charge in [-0.25, -0.2) is 15.0 Å². The summed E-state index contributed by atoms with van der Waals surface area (Å²) in [5.41, 5.74) is 2.66. The number of guanidine groups is 1. The van der Waals surface area contributed by atoms with Gasteiger partial charge in [0.15, 0.2) is 5.96 Å². The lowest BCUT2D eigenvalue weighted by atomic mass is 10.1. The number of benzene rings is 1. The van der Waals surface area contributed by atoms with Crippen molar-refractivity contribution < 1.29 is 0 Å². The van der Waals surface area contributed by atoms with E-state index in [1.54, 1.807) is 12.4 Å². The van der Waals surface area contributed by atoms with Gasteiger partial charge >= 0.3 is 0 Å². The highest BCUT2D eigenvalue weighted by molar-refractivity contribution is 14.0. The molecule has 4 rings (SSSR count). The Hall–Kier alpha value is -1.94. The number of aliphatic imine (C=N–C) groups is 1. The first-order chi connectivity index (χ1) is 14.8. The van der Waals surface area contributed by atoms with Crippen molar-refractivity contribution in [3.63, 3.8) is 0 Å². The van der Waals surface area contributed by atoms with Gasteiger partial charge in [-0.2, -0.15) is 0 Å². The molecule has 0 unspecified atom stereocenters. The van der Waals surface area contributed by atoms with E-state index in [1.807, 2.05) is 6.07 Å². The van der Waals surface area contributed by atoms with Crippen LogP contribution in [0.4, 0.5) is 5.95 Å². The molecule has 2 aliphatic rings. The van der Waals surface area contributed by atoms with Crippen LogP contribution in [0.5, 0.6) is 0 Å². The van der Waals surface area contributed by atoms with E-state index >= 15 is 0 Å². The van der Waals surface area contributed by atoms with Crippen LogP contribution in [0.1, 0.15) is 30.9 Å². The number of nitrogens with one attached hydrogen (secondary N) is 1. The van der Waals surface area contributed by atoms with Crippen molar-refractivity contribution in [3.8, 4) is 0 Å². The molecule has 0 aliphatic carbocycles. The minimum absolute atomic E-state index is 0. The highest BCUT2D eigenvalue weighted by Crippen LogP contribution is 2.14. The standard InChI is InChI=1S/C23H33N7.HI/c1-2-24-22(29-14-16-30(17-15-29)23-25-10-5-11-26-23)27-18-20-6-8-21(9-7-20)19-28-12-3-4-13-28;/h5-11H,2-4,12-19H2,1H3,(H,24,27);1H. The summed E-state index contributed by atoms with van der Waals surface area (Å²) in [6.07, 6.45) is 6.28. The Kier molecular flexibility index (Phi) is 9.32. The molecule has 1 aromatic carbocycles. The van der Waals surface area contributed by atoms with Crippen LogP contribution in [-0.4, -0.2) is 71.5 Å². The number of piperazine rings is 1. The average molecular weight is 535 g/mol. The fourth-order valence-electron chi connectivity index (χ4n) is 4.11. The van der Waals surface area contributed by atoms with Gasteiger partial charge in [0.25, 0.3) is 0 Å². The summed E-state index contributed by atoms with van der Waals surface area (Å²) in [6, 6.07) is 10.8. The van der Waals surface area contributed by atoms with E-state index < -0.39 is 0 Å². The van der Waals surface area contributed by atoms with Gasteiger partial charge in [0, 0.05) is 51.7 Å². The van der Waals surface area contributed by atoms with Crippen molar-refractivity contribution in [2.45, 2.75) is 32.9 Å². The van der Waals surface area contributed by atoms with Crippen LogP contribution in [0.2, 0.25) is 0 Å². The maximum absolute atomic E-state index is 4.91. The predicted molar refractivity (Wildman–Crippen MR) is 137 cm³/mol. The average Bonchev–Trinajstić information content (AvgIpc) is 3.31. The molecule has 1 N–H and O–H groups in total. The second kappa shape index (κ2) is 12.2. The number of anilines is 1. The quantitative estimate of drug-likeness (QED) is 0.349. The van der Waals surface area contributed by atoms with Crippen molar-refractivity contribution >= 4 is 35.9 Å². The molecule has 2 fully saturated rings. The fraction of sp³-hybridized carbons (Fsp3) is 0.522. The van der Waals surface area contributed by atoms with E-state index in [9.17, 15) is 0 Å². The fourth-order valence-corrected chi connectivity index (χ4v) is 4.11. The first-order valence-corrected chi connectivity index (χ1v) is 11.2. The Morgan fingerprint density at radius 2 is 1.58 bits per heavy atom. The topological polar surface area (TPSA) is 59.9 Å². The molecule has 7 nitrogen and oxygen atoms in total. The molecule has 31 heavy (non-hydrogen) atoms. The smallest absolute Gasteiger partial charge is 0.225 e. The molecule has 0 atom stereocenters. The monoisotopic (exact) mass is 535 g/mol. The van der Waals surface area contributed by atoms with Crippen LogP contribution in [-0.2, 0) is 13.1 Å². The van der Waals surface area contributed by atoms with Crippen molar-refractivity contribution in [2.75, 3.05) is 50.7 Å². The van der Waals surface area contributed by atoms with E-state index in [1.165, 1.54) is 37.1 Å². The van der Waals surface area contributed by atoms with E-state index in [0.717, 1.165) is 51.2 Å². The number of rotatable bonds is 6. The van der Waals surface area contributed by atoms with E-state index in [-0.39, 0.29) is 24.0 Å². The van der Waals surface area contributed by atoms with Gasteiger partial charge < -0.3 is 15.1 Å². The Balaban J connectivity index is 0.00000272. The Bertz CT molecular complexity index is 798. The van der Waals surface area contributed by atoms with Crippen LogP contribution in [0, 0.1) is 0 Å². The molecule has 1 aromatic heterocycles. The molecule has 0 amide bonds. The van der Waals surface area contributed by atoms with Gasteiger partial charge in [-0.05, 0) is 50.0 Å². The largest absolute Gasteiger partial charge is 0.357 e. The molecule has 0 spiro atoms. The third kappa shape index (κ3) is 6.77. The third-order valence-electron chi connectivity index (χ3n) is 5.79. The summed E-state index contributed by atoms with van der Waals surface area (Å²) >= 11 is 0. The zero-order valence-electron chi connectivity index (χ0n) is 18.4. The maximum atomic E-state index is 4.91. The van der Waals surface area contributed by atoms with E-state index in [4.69, 9.17) is 4.99 Å². The SMILES string of the molecule is CCNC(=NCc1ccc(CN2CCCC2)cc1)N1CCN(c2ncccn2)CC1.I. The first-order valence-electron chi connectivity index (χ1n) is 11.2. The summed E-state index contributed by atoms with van der Waals surface area (Å²) in [7, 11) is 0. The summed E-state index contributed by atoms with van der Waals surface area (Å²) in [5, 5.41) is 3.46. The van der Waals surface area contributed by atoms with Crippen LogP contribution >= 0.6 is 24.0 Å². The Morgan fingerprint density at radius 1 is 0.935 bits per heavy atom. The second-order valence-corrected chi connectivity index (χ2v) is 7.99. The zero-order chi connectivity index (χ0) is 20.6.